The molecule has 3 aromatic rings. The maximum atomic E-state index is 11.6. The van der Waals surface area contributed by atoms with E-state index < -0.39 is 12.0 Å². The highest BCUT2D eigenvalue weighted by Crippen LogP contribution is 2.34. The molecule has 0 bridgehead atoms. The van der Waals surface area contributed by atoms with Crippen LogP contribution in [-0.4, -0.2) is 29.2 Å². The Kier molecular flexibility index (Phi) is 7.40. The standard InChI is InChI=1S/C27H30N4O5/c1-27(2,18-8-12-21(13-9-18)35-22-14-23(15-22)36-26(28)33)17-6-10-20(11-7-17)34-16-19-4-3-5-24(30-19)25(32)31-29/h3-13,22-23H,14-16,29H2,1-2H3,(H2,28,33)(H,31,32)/t22-,23-. The maximum Gasteiger partial charge on any atom is 0.404 e. The van der Waals surface area contributed by atoms with E-state index in [4.69, 9.17) is 25.8 Å². The molecule has 1 heterocycles. The third-order valence-electron chi connectivity index (χ3n) is 6.35. The number of carbonyl (C=O) groups excluding carboxylic acids is 2. The Bertz CT molecular complexity index is 1210. The summed E-state index contributed by atoms with van der Waals surface area (Å²) >= 11 is 0. The molecule has 9 nitrogen and oxygen atoms in total. The van der Waals surface area contributed by atoms with Crippen molar-refractivity contribution in [3.8, 4) is 11.5 Å². The minimum atomic E-state index is -0.745. The SMILES string of the molecule is CC(C)(c1ccc(OCc2cccc(C(=O)NN)n2)cc1)c1ccc(O[C@H]2C[C@H](OC(N)=O)C2)cc1. The smallest absolute Gasteiger partial charge is 0.404 e. The van der Waals surface area contributed by atoms with Gasteiger partial charge in [0.15, 0.2) is 0 Å². The number of carbonyl (C=O) groups is 2. The predicted molar refractivity (Wildman–Crippen MR) is 133 cm³/mol. The second-order valence-electron chi connectivity index (χ2n) is 9.22. The average Bonchev–Trinajstić information content (AvgIpc) is 2.86. The summed E-state index contributed by atoms with van der Waals surface area (Å²) in [4.78, 5) is 26.7. The number of amides is 2. The van der Waals surface area contributed by atoms with Crippen LogP contribution >= 0.6 is 0 Å². The number of nitrogen functional groups attached to an aromatic ring is 1. The van der Waals surface area contributed by atoms with Crippen molar-refractivity contribution in [2.24, 2.45) is 11.6 Å². The zero-order valence-corrected chi connectivity index (χ0v) is 20.3. The first-order valence-electron chi connectivity index (χ1n) is 11.7. The Morgan fingerprint density at radius 3 is 2.14 bits per heavy atom. The highest BCUT2D eigenvalue weighted by Gasteiger charge is 2.33. The van der Waals surface area contributed by atoms with E-state index in [-0.39, 0.29) is 29.9 Å². The Morgan fingerprint density at radius 1 is 0.944 bits per heavy atom. The lowest BCUT2D eigenvalue weighted by Gasteiger charge is -2.34. The van der Waals surface area contributed by atoms with Crippen LogP contribution in [0, 0.1) is 0 Å². The van der Waals surface area contributed by atoms with Gasteiger partial charge in [0.1, 0.15) is 36.0 Å². The second-order valence-corrected chi connectivity index (χ2v) is 9.22. The van der Waals surface area contributed by atoms with Crippen LogP contribution in [0.2, 0.25) is 0 Å². The van der Waals surface area contributed by atoms with Gasteiger partial charge in [-0.1, -0.05) is 44.2 Å². The fourth-order valence-electron chi connectivity index (χ4n) is 4.07. The third-order valence-corrected chi connectivity index (χ3v) is 6.35. The van der Waals surface area contributed by atoms with Crippen LogP contribution in [0.25, 0.3) is 0 Å². The summed E-state index contributed by atoms with van der Waals surface area (Å²) in [6, 6.07) is 21.1. The lowest BCUT2D eigenvalue weighted by atomic mass is 9.78. The van der Waals surface area contributed by atoms with Gasteiger partial charge in [0.25, 0.3) is 5.91 Å². The van der Waals surface area contributed by atoms with Gasteiger partial charge in [-0.3, -0.25) is 10.2 Å². The lowest BCUT2D eigenvalue weighted by molar-refractivity contribution is -0.0197. The molecule has 9 heteroatoms. The number of primary amides is 1. The minimum Gasteiger partial charge on any atom is -0.490 e. The molecule has 0 unspecified atom stereocenters. The molecule has 1 aromatic heterocycles. The molecule has 0 aliphatic heterocycles. The van der Waals surface area contributed by atoms with Crippen molar-refractivity contribution in [3.63, 3.8) is 0 Å². The van der Waals surface area contributed by atoms with Crippen LogP contribution in [0.1, 0.15) is 54.0 Å². The normalized spacial score (nSPS) is 17.0. The van der Waals surface area contributed by atoms with Crippen molar-refractivity contribution in [1.29, 1.82) is 0 Å². The molecular weight excluding hydrogens is 460 g/mol. The number of rotatable bonds is 9. The van der Waals surface area contributed by atoms with E-state index in [1.54, 1.807) is 18.2 Å². The second kappa shape index (κ2) is 10.7. The van der Waals surface area contributed by atoms with E-state index in [2.05, 4.69) is 36.4 Å². The van der Waals surface area contributed by atoms with Crippen molar-refractivity contribution in [2.75, 3.05) is 0 Å². The highest BCUT2D eigenvalue weighted by molar-refractivity contribution is 5.91. The fourth-order valence-corrected chi connectivity index (χ4v) is 4.07. The summed E-state index contributed by atoms with van der Waals surface area (Å²) in [5, 5.41) is 0. The topological polar surface area (TPSA) is 139 Å². The van der Waals surface area contributed by atoms with Gasteiger partial charge >= 0.3 is 6.09 Å². The molecule has 2 aromatic carbocycles. The van der Waals surface area contributed by atoms with Gasteiger partial charge in [0.2, 0.25) is 0 Å². The molecule has 1 aliphatic rings. The van der Waals surface area contributed by atoms with Gasteiger partial charge in [-0.15, -0.1) is 0 Å². The van der Waals surface area contributed by atoms with Crippen molar-refractivity contribution < 1.29 is 23.8 Å². The molecule has 4 rings (SSSR count). The summed E-state index contributed by atoms with van der Waals surface area (Å²) in [6.07, 6.45) is 0.419. The van der Waals surface area contributed by atoms with Gasteiger partial charge in [0, 0.05) is 18.3 Å². The molecule has 0 atom stereocenters. The Hall–Kier alpha value is -4.11. The van der Waals surface area contributed by atoms with Crippen molar-refractivity contribution in [3.05, 3.63) is 89.2 Å². The molecule has 2 amide bonds. The number of nitrogens with two attached hydrogens (primary N) is 2. The molecule has 0 radical (unpaired) electrons. The number of nitrogens with one attached hydrogen (secondary N) is 1. The number of nitrogens with zero attached hydrogens (tertiary/aromatic N) is 1. The summed E-state index contributed by atoms with van der Waals surface area (Å²) in [5.74, 6) is 6.20. The van der Waals surface area contributed by atoms with E-state index >= 15 is 0 Å². The van der Waals surface area contributed by atoms with Crippen molar-refractivity contribution in [2.45, 2.75) is 50.9 Å². The summed E-state index contributed by atoms with van der Waals surface area (Å²) in [5.41, 5.74) is 10.0. The Labute approximate surface area is 209 Å². The molecule has 0 saturated heterocycles. The van der Waals surface area contributed by atoms with Gasteiger partial charge in [-0.25, -0.2) is 15.6 Å². The summed E-state index contributed by atoms with van der Waals surface area (Å²) < 4.78 is 16.8. The van der Waals surface area contributed by atoms with Gasteiger partial charge < -0.3 is 19.9 Å². The first-order valence-corrected chi connectivity index (χ1v) is 11.7. The van der Waals surface area contributed by atoms with Crippen molar-refractivity contribution >= 4 is 12.0 Å². The fraction of sp³-hybridized carbons (Fsp3) is 0.296. The molecule has 1 aliphatic carbocycles. The number of pyridine rings is 1. The zero-order valence-electron chi connectivity index (χ0n) is 20.3. The van der Waals surface area contributed by atoms with E-state index in [0.29, 0.717) is 24.3 Å². The third kappa shape index (κ3) is 5.92. The number of hydrogen-bond donors (Lipinski definition) is 3. The highest BCUT2D eigenvalue weighted by atomic mass is 16.6. The van der Waals surface area contributed by atoms with Gasteiger partial charge in [0.05, 0.1) is 5.69 Å². The number of aromatic nitrogens is 1. The first kappa shape index (κ1) is 25.0. The van der Waals surface area contributed by atoms with Crippen LogP contribution in [0.4, 0.5) is 4.79 Å². The number of ether oxygens (including phenoxy) is 3. The monoisotopic (exact) mass is 490 g/mol. The molecule has 36 heavy (non-hydrogen) atoms. The predicted octanol–water partition coefficient (Wildman–Crippen LogP) is 3.60. The molecule has 0 spiro atoms. The van der Waals surface area contributed by atoms with E-state index in [1.165, 1.54) is 0 Å². The minimum absolute atomic E-state index is 0.0243. The number of hydrogen-bond acceptors (Lipinski definition) is 7. The van der Waals surface area contributed by atoms with Gasteiger partial charge in [-0.2, -0.15) is 0 Å². The van der Waals surface area contributed by atoms with Crippen LogP contribution in [0.15, 0.2) is 66.7 Å². The van der Waals surface area contributed by atoms with E-state index in [0.717, 1.165) is 16.9 Å². The number of hydrazine groups is 1. The molecule has 188 valence electrons. The Morgan fingerprint density at radius 2 is 1.56 bits per heavy atom. The molecule has 5 N–H and O–H groups in total. The van der Waals surface area contributed by atoms with Crippen molar-refractivity contribution in [1.82, 2.24) is 10.4 Å². The van der Waals surface area contributed by atoms with Crippen LogP contribution in [0.3, 0.4) is 0 Å². The summed E-state index contributed by atoms with van der Waals surface area (Å²) in [6.45, 7) is 4.55. The van der Waals surface area contributed by atoms with Crippen LogP contribution in [0.5, 0.6) is 11.5 Å². The number of benzene rings is 2. The maximum absolute atomic E-state index is 11.6. The van der Waals surface area contributed by atoms with E-state index in [1.807, 2.05) is 36.4 Å². The average molecular weight is 491 g/mol. The molecular formula is C27H30N4O5. The first-order chi connectivity index (χ1) is 17.2. The zero-order chi connectivity index (χ0) is 25.7. The van der Waals surface area contributed by atoms with Gasteiger partial charge in [-0.05, 0) is 47.5 Å². The summed E-state index contributed by atoms with van der Waals surface area (Å²) in [7, 11) is 0. The quantitative estimate of drug-likeness (QED) is 0.237. The largest absolute Gasteiger partial charge is 0.490 e. The van der Waals surface area contributed by atoms with Crippen LogP contribution < -0.4 is 26.5 Å². The van der Waals surface area contributed by atoms with Crippen LogP contribution in [-0.2, 0) is 16.8 Å². The Balaban J connectivity index is 1.33. The molecule has 1 fully saturated rings. The molecule has 1 saturated carbocycles. The van der Waals surface area contributed by atoms with E-state index in [9.17, 15) is 9.59 Å². The lowest BCUT2D eigenvalue weighted by Crippen LogP contribution is -2.41.